The zero-order valence-electron chi connectivity index (χ0n) is 16.1. The van der Waals surface area contributed by atoms with Crippen LogP contribution < -0.4 is 4.72 Å². The fourth-order valence-electron chi connectivity index (χ4n) is 5.47. The van der Waals surface area contributed by atoms with Crippen LogP contribution in [0.15, 0.2) is 30.3 Å². The lowest BCUT2D eigenvalue weighted by molar-refractivity contribution is -0.128. The van der Waals surface area contributed by atoms with Gasteiger partial charge in [-0.25, -0.2) is 13.1 Å². The minimum atomic E-state index is -3.69. The van der Waals surface area contributed by atoms with Crippen LogP contribution in [0.25, 0.3) is 0 Å². The normalized spacial score (nSPS) is 31.8. The number of carbonyl (C=O) groups excluding carboxylic acids is 1. The lowest BCUT2D eigenvalue weighted by atomic mass is 9.70. The van der Waals surface area contributed by atoms with Gasteiger partial charge in [-0.3, -0.25) is 4.79 Å². The van der Waals surface area contributed by atoms with Crippen LogP contribution in [0.1, 0.15) is 51.5 Å². The molecule has 27 heavy (non-hydrogen) atoms. The number of ketones is 1. The summed E-state index contributed by atoms with van der Waals surface area (Å²) in [5.74, 6) is 0.279. The quantitative estimate of drug-likeness (QED) is 0.748. The second-order valence-electron chi connectivity index (χ2n) is 9.31. The third-order valence-electron chi connectivity index (χ3n) is 7.66. The molecule has 0 aromatic heterocycles. The molecule has 5 nitrogen and oxygen atoms in total. The summed E-state index contributed by atoms with van der Waals surface area (Å²) in [5.41, 5.74) is -1.52. The Bertz CT molecular complexity index is 846. The highest BCUT2D eigenvalue weighted by Gasteiger charge is 2.65. The Balaban J connectivity index is 1.53. The molecule has 0 unspecified atom stereocenters. The lowest BCUT2D eigenvalue weighted by Crippen LogP contribution is -2.48. The van der Waals surface area contributed by atoms with Crippen LogP contribution in [0, 0.1) is 22.7 Å². The average Bonchev–Trinajstić information content (AvgIpc) is 3.42. The van der Waals surface area contributed by atoms with Gasteiger partial charge in [0.25, 0.3) is 0 Å². The zero-order valence-corrected chi connectivity index (χ0v) is 16.9. The molecule has 2 bridgehead atoms. The monoisotopic (exact) mass is 391 g/mol. The van der Waals surface area contributed by atoms with E-state index in [0.29, 0.717) is 12.8 Å². The highest BCUT2D eigenvalue weighted by Crippen LogP contribution is 2.64. The molecule has 0 amide bonds. The molecule has 3 aliphatic rings. The second kappa shape index (κ2) is 6.13. The maximum absolute atomic E-state index is 12.9. The summed E-state index contributed by atoms with van der Waals surface area (Å²) in [5, 5.41) is 11.2. The van der Waals surface area contributed by atoms with Crippen molar-refractivity contribution in [3.63, 3.8) is 0 Å². The number of Topliss-reactive ketones (excluding diaryl/α,β-unsaturated/α-hetero) is 1. The number of nitrogens with one attached hydrogen (secondary N) is 1. The Kier molecular flexibility index (Phi) is 4.33. The van der Waals surface area contributed by atoms with Crippen LogP contribution in [-0.4, -0.2) is 31.6 Å². The van der Waals surface area contributed by atoms with E-state index in [9.17, 15) is 18.3 Å². The summed E-state index contributed by atoms with van der Waals surface area (Å²) in [6, 6.07) is 9.28. The highest BCUT2D eigenvalue weighted by atomic mass is 32.2. The van der Waals surface area contributed by atoms with Crippen molar-refractivity contribution in [3.05, 3.63) is 35.9 Å². The smallest absolute Gasteiger partial charge is 0.212 e. The topological polar surface area (TPSA) is 83.5 Å². The van der Waals surface area contributed by atoms with Gasteiger partial charge in [0.15, 0.2) is 0 Å². The largest absolute Gasteiger partial charge is 0.383 e. The van der Waals surface area contributed by atoms with E-state index in [1.54, 1.807) is 0 Å². The van der Waals surface area contributed by atoms with E-state index >= 15 is 0 Å². The van der Waals surface area contributed by atoms with E-state index in [-0.39, 0.29) is 35.3 Å². The van der Waals surface area contributed by atoms with E-state index in [0.717, 1.165) is 24.8 Å². The fourth-order valence-corrected chi connectivity index (χ4v) is 7.34. The zero-order chi connectivity index (χ0) is 19.5. The van der Waals surface area contributed by atoms with Gasteiger partial charge in [0.05, 0.1) is 5.75 Å². The van der Waals surface area contributed by atoms with Crippen molar-refractivity contribution < 1.29 is 18.3 Å². The van der Waals surface area contributed by atoms with Gasteiger partial charge in [0.1, 0.15) is 11.4 Å². The molecule has 1 aromatic rings. The van der Waals surface area contributed by atoms with E-state index in [1.165, 1.54) is 0 Å². The Morgan fingerprint density at radius 1 is 1.19 bits per heavy atom. The molecule has 0 saturated heterocycles. The van der Waals surface area contributed by atoms with Crippen LogP contribution >= 0.6 is 0 Å². The molecular weight excluding hydrogens is 362 g/mol. The maximum atomic E-state index is 12.9. The summed E-state index contributed by atoms with van der Waals surface area (Å²) < 4.78 is 28.6. The van der Waals surface area contributed by atoms with Gasteiger partial charge >= 0.3 is 0 Å². The lowest BCUT2D eigenvalue weighted by Gasteiger charge is -2.36. The van der Waals surface area contributed by atoms with E-state index in [2.05, 4.69) is 4.72 Å². The number of benzene rings is 1. The Morgan fingerprint density at radius 2 is 1.85 bits per heavy atom. The number of rotatable bonds is 7. The summed E-state index contributed by atoms with van der Waals surface area (Å²) in [7, 11) is -3.69. The van der Waals surface area contributed by atoms with Crippen molar-refractivity contribution in [2.45, 2.75) is 51.6 Å². The van der Waals surface area contributed by atoms with Crippen molar-refractivity contribution in [3.8, 4) is 0 Å². The number of hydrogen-bond donors (Lipinski definition) is 2. The summed E-state index contributed by atoms with van der Waals surface area (Å²) >= 11 is 0. The molecule has 148 valence electrons. The molecular formula is C21H29NO4S. The molecule has 3 fully saturated rings. The molecule has 2 N–H and O–H groups in total. The molecule has 0 aliphatic heterocycles. The first-order chi connectivity index (χ1) is 12.6. The van der Waals surface area contributed by atoms with Gasteiger partial charge in [-0.05, 0) is 48.5 Å². The van der Waals surface area contributed by atoms with E-state index < -0.39 is 21.0 Å². The Hall–Kier alpha value is -1.24. The SMILES string of the molecule is CC1(C)[C@H]2CC[C@@]1(CS(=O)(=O)NC[C@@](O)(c1ccccc1)C1CC1)C(=O)C2. The van der Waals surface area contributed by atoms with Gasteiger partial charge in [-0.15, -0.1) is 0 Å². The molecule has 0 heterocycles. The first-order valence-electron chi connectivity index (χ1n) is 9.89. The van der Waals surface area contributed by atoms with Crippen molar-refractivity contribution in [2.24, 2.45) is 22.7 Å². The van der Waals surface area contributed by atoms with Crippen LogP contribution in [0.4, 0.5) is 0 Å². The van der Waals surface area contributed by atoms with Crippen molar-refractivity contribution in [2.75, 3.05) is 12.3 Å². The van der Waals surface area contributed by atoms with Gasteiger partial charge in [-0.1, -0.05) is 44.2 Å². The number of hydrogen-bond acceptors (Lipinski definition) is 4. The van der Waals surface area contributed by atoms with Crippen molar-refractivity contribution in [1.82, 2.24) is 4.72 Å². The molecule has 3 aliphatic carbocycles. The predicted molar refractivity (Wildman–Crippen MR) is 103 cm³/mol. The van der Waals surface area contributed by atoms with E-state index in [1.807, 2.05) is 44.2 Å². The second-order valence-corrected chi connectivity index (χ2v) is 11.1. The maximum Gasteiger partial charge on any atom is 0.212 e. The van der Waals surface area contributed by atoms with E-state index in [4.69, 9.17) is 0 Å². The summed E-state index contributed by atoms with van der Waals surface area (Å²) in [6.45, 7) is 4.03. The van der Waals surface area contributed by atoms with Crippen LogP contribution in [0.5, 0.6) is 0 Å². The van der Waals surface area contributed by atoms with Gasteiger partial charge in [0, 0.05) is 18.4 Å². The van der Waals surface area contributed by atoms with Crippen LogP contribution in [0.3, 0.4) is 0 Å². The molecule has 4 rings (SSSR count). The van der Waals surface area contributed by atoms with Crippen molar-refractivity contribution >= 4 is 15.8 Å². The third kappa shape index (κ3) is 2.97. The summed E-state index contributed by atoms with van der Waals surface area (Å²) in [4.78, 5) is 12.7. The fraction of sp³-hybridized carbons (Fsp3) is 0.667. The Labute approximate surface area is 161 Å². The molecule has 3 saturated carbocycles. The van der Waals surface area contributed by atoms with Gasteiger partial charge in [0.2, 0.25) is 10.0 Å². The average molecular weight is 392 g/mol. The molecule has 0 radical (unpaired) electrons. The first kappa shape index (κ1) is 19.1. The van der Waals surface area contributed by atoms with Crippen molar-refractivity contribution in [1.29, 1.82) is 0 Å². The minimum Gasteiger partial charge on any atom is -0.383 e. The number of aliphatic hydroxyl groups is 1. The minimum absolute atomic E-state index is 0.0435. The molecule has 3 atom stereocenters. The molecule has 6 heteroatoms. The number of sulfonamides is 1. The predicted octanol–water partition coefficient (Wildman–Crippen LogP) is 2.60. The van der Waals surface area contributed by atoms with Gasteiger partial charge < -0.3 is 5.11 Å². The summed E-state index contributed by atoms with van der Waals surface area (Å²) in [6.07, 6.45) is 3.85. The van der Waals surface area contributed by atoms with Crippen LogP contribution in [0.2, 0.25) is 0 Å². The molecule has 1 aromatic carbocycles. The first-order valence-corrected chi connectivity index (χ1v) is 11.5. The highest BCUT2D eigenvalue weighted by molar-refractivity contribution is 7.89. The standard InChI is InChI=1S/C21H29NO4S/c1-19(2)17-10-11-20(19,18(23)12-17)14-27(25,26)22-13-21(24,16-8-9-16)15-6-4-3-5-7-15/h3-7,16-17,22,24H,8-14H2,1-2H3/t17-,20+,21+/m0/s1. The van der Waals surface area contributed by atoms with Crippen LogP contribution in [-0.2, 0) is 20.4 Å². The third-order valence-corrected chi connectivity index (χ3v) is 9.12. The number of carbonyl (C=O) groups is 1. The Morgan fingerprint density at radius 3 is 2.37 bits per heavy atom. The molecule has 0 spiro atoms. The van der Waals surface area contributed by atoms with Gasteiger partial charge in [-0.2, -0.15) is 0 Å². The number of fused-ring (bicyclic) bond motifs is 2.